The molecule has 2 aliphatic rings. The molecule has 5 rings (SSSR count). The summed E-state index contributed by atoms with van der Waals surface area (Å²) in [6.45, 7) is 1.74. The second kappa shape index (κ2) is 4.82. The molecule has 4 heterocycles. The highest BCUT2D eigenvalue weighted by Gasteiger charge is 2.44. The van der Waals surface area contributed by atoms with Crippen molar-refractivity contribution in [2.75, 3.05) is 22.9 Å². The Morgan fingerprint density at radius 1 is 1.09 bits per heavy atom. The van der Waals surface area contributed by atoms with Gasteiger partial charge in [0.15, 0.2) is 17.0 Å². The molecule has 2 bridgehead atoms. The molecule has 2 fully saturated rings. The minimum atomic E-state index is -0.187. The van der Waals surface area contributed by atoms with E-state index in [-0.39, 0.29) is 5.82 Å². The van der Waals surface area contributed by atoms with Crippen molar-refractivity contribution in [2.45, 2.75) is 18.5 Å². The minimum absolute atomic E-state index is 0.187. The summed E-state index contributed by atoms with van der Waals surface area (Å²) in [4.78, 5) is 13.2. The number of aromatic nitrogens is 4. The lowest BCUT2D eigenvalue weighted by Crippen LogP contribution is -2.47. The van der Waals surface area contributed by atoms with Crippen LogP contribution in [-0.2, 0) is 0 Å². The summed E-state index contributed by atoms with van der Waals surface area (Å²) in [5.41, 5.74) is 2.40. The number of hydrogen-bond acceptors (Lipinski definition) is 7. The van der Waals surface area contributed by atoms with Crippen molar-refractivity contribution in [3.63, 3.8) is 0 Å². The van der Waals surface area contributed by atoms with Crippen molar-refractivity contribution in [3.8, 4) is 0 Å². The van der Waals surface area contributed by atoms with Crippen LogP contribution in [0.1, 0.15) is 6.42 Å². The number of nitrogens with zero attached hydrogens (tertiary/aromatic N) is 6. The predicted molar refractivity (Wildman–Crippen MR) is 86.3 cm³/mol. The fourth-order valence-corrected chi connectivity index (χ4v) is 4.21. The predicted octanol–water partition coefficient (Wildman–Crippen LogP) is 2.09. The smallest absolute Gasteiger partial charge is 0.198 e. The van der Waals surface area contributed by atoms with Crippen LogP contribution >= 0.6 is 11.7 Å². The highest BCUT2D eigenvalue weighted by molar-refractivity contribution is 7.00. The van der Waals surface area contributed by atoms with Gasteiger partial charge in [-0.25, -0.2) is 14.4 Å². The molecule has 116 valence electrons. The molecule has 0 N–H and O–H groups in total. The van der Waals surface area contributed by atoms with Gasteiger partial charge in [0.05, 0.1) is 17.8 Å². The topological polar surface area (TPSA) is 58.0 Å². The van der Waals surface area contributed by atoms with Crippen LogP contribution in [-0.4, -0.2) is 43.9 Å². The molecule has 2 atom stereocenters. The number of benzene rings is 1. The van der Waals surface area contributed by atoms with E-state index in [2.05, 4.69) is 28.5 Å². The van der Waals surface area contributed by atoms with Gasteiger partial charge < -0.3 is 9.80 Å². The third-order valence-corrected chi connectivity index (χ3v) is 5.21. The van der Waals surface area contributed by atoms with E-state index >= 15 is 0 Å². The maximum Gasteiger partial charge on any atom is 0.198 e. The molecule has 6 nitrogen and oxygen atoms in total. The second-order valence-electron chi connectivity index (χ2n) is 5.96. The van der Waals surface area contributed by atoms with Crippen LogP contribution in [0.2, 0.25) is 0 Å². The summed E-state index contributed by atoms with van der Waals surface area (Å²) in [6.07, 6.45) is 2.61. The molecule has 2 aliphatic heterocycles. The molecule has 23 heavy (non-hydrogen) atoms. The van der Waals surface area contributed by atoms with Crippen molar-refractivity contribution in [2.24, 2.45) is 0 Å². The van der Waals surface area contributed by atoms with Crippen molar-refractivity contribution < 1.29 is 4.39 Å². The number of piperazine rings is 1. The van der Waals surface area contributed by atoms with E-state index in [1.807, 2.05) is 6.07 Å². The van der Waals surface area contributed by atoms with Crippen LogP contribution < -0.4 is 9.80 Å². The molecule has 0 radical (unpaired) electrons. The summed E-state index contributed by atoms with van der Waals surface area (Å²) in [5.74, 6) is 0.684. The van der Waals surface area contributed by atoms with Crippen molar-refractivity contribution in [1.82, 2.24) is 18.7 Å². The van der Waals surface area contributed by atoms with E-state index < -0.39 is 0 Å². The number of rotatable bonds is 2. The molecule has 2 aromatic heterocycles. The number of halogens is 1. The first-order valence-electron chi connectivity index (χ1n) is 7.52. The highest BCUT2D eigenvalue weighted by Crippen LogP contribution is 2.38. The highest BCUT2D eigenvalue weighted by atomic mass is 32.1. The molecule has 3 aromatic rings. The Balaban J connectivity index is 1.45. The van der Waals surface area contributed by atoms with Crippen molar-refractivity contribution >= 4 is 34.4 Å². The van der Waals surface area contributed by atoms with Gasteiger partial charge in [0.2, 0.25) is 0 Å². The van der Waals surface area contributed by atoms with Gasteiger partial charge in [-0.1, -0.05) is 6.07 Å². The Hall–Kier alpha value is -2.35. The standard InChI is InChI=1S/C15H13FN6S/c16-9-2-1-3-10(4-9)21-6-12-5-11(21)7-22(12)15-13-14(17-8-18-15)20-23-19-13/h1-4,8,11-12H,5-7H2/t11-,12-/m0/s1. The summed E-state index contributed by atoms with van der Waals surface area (Å²) in [6, 6.07) is 7.57. The van der Waals surface area contributed by atoms with Gasteiger partial charge >= 0.3 is 0 Å². The molecule has 0 unspecified atom stereocenters. The Morgan fingerprint density at radius 3 is 2.78 bits per heavy atom. The van der Waals surface area contributed by atoms with Gasteiger partial charge in [-0.2, -0.15) is 8.75 Å². The van der Waals surface area contributed by atoms with Gasteiger partial charge in [-0.15, -0.1) is 0 Å². The normalized spacial score (nSPS) is 23.2. The molecule has 0 saturated carbocycles. The summed E-state index contributed by atoms with van der Waals surface area (Å²) in [7, 11) is 0. The van der Waals surface area contributed by atoms with Crippen LogP contribution in [0.3, 0.4) is 0 Å². The van der Waals surface area contributed by atoms with Crippen LogP contribution in [0.5, 0.6) is 0 Å². The summed E-state index contributed by atoms with van der Waals surface area (Å²) in [5, 5.41) is 0. The fraction of sp³-hybridized carbons (Fsp3) is 0.333. The Bertz CT molecular complexity index is 883. The van der Waals surface area contributed by atoms with Crippen LogP contribution in [0.25, 0.3) is 11.2 Å². The lowest BCUT2D eigenvalue weighted by molar-refractivity contribution is 0.618. The Labute approximate surface area is 135 Å². The molecular formula is C15H13FN6S. The molecule has 0 spiro atoms. The van der Waals surface area contributed by atoms with Crippen LogP contribution in [0, 0.1) is 5.82 Å². The second-order valence-corrected chi connectivity index (χ2v) is 6.49. The third kappa shape index (κ3) is 1.98. The Kier molecular flexibility index (Phi) is 2.75. The van der Waals surface area contributed by atoms with Crippen LogP contribution in [0.4, 0.5) is 15.9 Å². The van der Waals surface area contributed by atoms with E-state index in [0.29, 0.717) is 17.7 Å². The zero-order valence-electron chi connectivity index (χ0n) is 12.1. The van der Waals surface area contributed by atoms with Crippen molar-refractivity contribution in [1.29, 1.82) is 0 Å². The molecular weight excluding hydrogens is 315 g/mol. The maximum absolute atomic E-state index is 13.5. The van der Waals surface area contributed by atoms with E-state index in [1.165, 1.54) is 6.07 Å². The number of anilines is 2. The van der Waals surface area contributed by atoms with E-state index in [0.717, 1.165) is 48.3 Å². The van der Waals surface area contributed by atoms with Gasteiger partial charge in [0.1, 0.15) is 12.1 Å². The Morgan fingerprint density at radius 2 is 1.96 bits per heavy atom. The van der Waals surface area contributed by atoms with Gasteiger partial charge in [-0.3, -0.25) is 0 Å². The zero-order chi connectivity index (χ0) is 15.4. The maximum atomic E-state index is 13.5. The largest absolute Gasteiger partial charge is 0.365 e. The van der Waals surface area contributed by atoms with E-state index in [4.69, 9.17) is 0 Å². The average molecular weight is 328 g/mol. The van der Waals surface area contributed by atoms with Gasteiger partial charge in [-0.05, 0) is 24.6 Å². The fourth-order valence-electron chi connectivity index (χ4n) is 3.72. The third-order valence-electron chi connectivity index (χ3n) is 4.70. The molecule has 2 saturated heterocycles. The number of hydrogen-bond donors (Lipinski definition) is 0. The van der Waals surface area contributed by atoms with E-state index in [9.17, 15) is 4.39 Å². The first-order valence-corrected chi connectivity index (χ1v) is 8.25. The van der Waals surface area contributed by atoms with E-state index in [1.54, 1.807) is 18.5 Å². The first kappa shape index (κ1) is 13.1. The first-order chi connectivity index (χ1) is 11.3. The van der Waals surface area contributed by atoms with Crippen molar-refractivity contribution in [3.05, 3.63) is 36.4 Å². The molecule has 0 amide bonds. The van der Waals surface area contributed by atoms with Gasteiger partial charge in [0.25, 0.3) is 0 Å². The average Bonchev–Trinajstić information content (AvgIpc) is 3.28. The summed E-state index contributed by atoms with van der Waals surface area (Å²) >= 11 is 1.16. The zero-order valence-corrected chi connectivity index (χ0v) is 12.9. The SMILES string of the molecule is Fc1cccc(N2C[C@@H]3C[C@H]2CN3c2ncnc3nsnc23)c1. The molecule has 8 heteroatoms. The minimum Gasteiger partial charge on any atom is -0.365 e. The summed E-state index contributed by atoms with van der Waals surface area (Å²) < 4.78 is 22.0. The quantitative estimate of drug-likeness (QED) is 0.718. The molecule has 0 aliphatic carbocycles. The lowest BCUT2D eigenvalue weighted by Gasteiger charge is -2.36. The van der Waals surface area contributed by atoms with Gasteiger partial charge in [0, 0.05) is 24.8 Å². The monoisotopic (exact) mass is 328 g/mol. The van der Waals surface area contributed by atoms with Crippen LogP contribution in [0.15, 0.2) is 30.6 Å². The number of fused-ring (bicyclic) bond motifs is 3. The lowest BCUT2D eigenvalue weighted by atomic mass is 10.2. The molecule has 1 aromatic carbocycles.